The third kappa shape index (κ3) is 6.46. The maximum atomic E-state index is 12.5. The molecule has 0 aliphatic carbocycles. The van der Waals surface area contributed by atoms with Crippen molar-refractivity contribution in [2.45, 2.75) is 33.3 Å². The Bertz CT molecular complexity index is 1270. The SMILES string of the molecule is CCCCOc1ccc(C2=N/C(=C\c3ccc(OCc4ccccc4Cl)c(OCC)c3)C(=O)O2)cc1. The molecule has 186 valence electrons. The highest BCUT2D eigenvalue weighted by Crippen LogP contribution is 2.31. The van der Waals surface area contributed by atoms with E-state index in [-0.39, 0.29) is 11.6 Å². The molecule has 3 aromatic rings. The topological polar surface area (TPSA) is 66.3 Å². The second-order valence-corrected chi connectivity index (χ2v) is 8.49. The second-order valence-electron chi connectivity index (χ2n) is 8.08. The summed E-state index contributed by atoms with van der Waals surface area (Å²) in [5.74, 6) is 1.67. The van der Waals surface area contributed by atoms with Gasteiger partial charge in [-0.05, 0) is 67.4 Å². The van der Waals surface area contributed by atoms with Gasteiger partial charge in [-0.2, -0.15) is 0 Å². The summed E-state index contributed by atoms with van der Waals surface area (Å²) in [6.07, 6.45) is 3.74. The summed E-state index contributed by atoms with van der Waals surface area (Å²) in [5, 5.41) is 0.642. The van der Waals surface area contributed by atoms with Crippen molar-refractivity contribution in [1.82, 2.24) is 0 Å². The molecule has 4 rings (SSSR count). The zero-order valence-electron chi connectivity index (χ0n) is 20.3. The molecule has 36 heavy (non-hydrogen) atoms. The fourth-order valence-electron chi connectivity index (χ4n) is 3.49. The van der Waals surface area contributed by atoms with Gasteiger partial charge in [-0.3, -0.25) is 0 Å². The third-order valence-corrected chi connectivity index (χ3v) is 5.77. The summed E-state index contributed by atoms with van der Waals surface area (Å²) in [5.41, 5.74) is 2.53. The second kappa shape index (κ2) is 12.3. The van der Waals surface area contributed by atoms with E-state index in [1.165, 1.54) is 0 Å². The predicted molar refractivity (Wildman–Crippen MR) is 141 cm³/mol. The maximum Gasteiger partial charge on any atom is 0.363 e. The molecule has 0 saturated carbocycles. The number of rotatable bonds is 11. The number of esters is 1. The Morgan fingerprint density at radius 2 is 1.75 bits per heavy atom. The fourth-order valence-corrected chi connectivity index (χ4v) is 3.68. The zero-order valence-corrected chi connectivity index (χ0v) is 21.1. The summed E-state index contributed by atoms with van der Waals surface area (Å²) < 4.78 is 22.8. The van der Waals surface area contributed by atoms with Crippen LogP contribution in [0.2, 0.25) is 5.02 Å². The number of unbranched alkanes of at least 4 members (excludes halogenated alkanes) is 1. The highest BCUT2D eigenvalue weighted by atomic mass is 35.5. The van der Waals surface area contributed by atoms with Crippen LogP contribution in [0, 0.1) is 0 Å². The first-order valence-electron chi connectivity index (χ1n) is 12.0. The van der Waals surface area contributed by atoms with Gasteiger partial charge in [-0.25, -0.2) is 9.79 Å². The van der Waals surface area contributed by atoms with Gasteiger partial charge in [0.2, 0.25) is 5.90 Å². The fraction of sp³-hybridized carbons (Fsp3) is 0.241. The molecule has 1 heterocycles. The normalized spacial score (nSPS) is 13.9. The first kappa shape index (κ1) is 25.3. The standard InChI is InChI=1S/C29H28ClNO5/c1-3-5-16-34-23-13-11-21(12-14-23)28-31-25(29(32)36-28)17-20-10-15-26(27(18-20)33-4-2)35-19-22-8-6-7-9-24(22)30/h6-15,17-18H,3-5,16,19H2,1-2H3/b25-17-. The lowest BCUT2D eigenvalue weighted by atomic mass is 10.1. The van der Waals surface area contributed by atoms with E-state index in [1.807, 2.05) is 67.6 Å². The number of halogens is 1. The molecule has 1 aliphatic rings. The highest BCUT2D eigenvalue weighted by Gasteiger charge is 2.24. The Kier molecular flexibility index (Phi) is 8.63. The molecule has 0 atom stereocenters. The van der Waals surface area contributed by atoms with Crippen LogP contribution in [0.3, 0.4) is 0 Å². The van der Waals surface area contributed by atoms with Gasteiger partial charge in [0.05, 0.1) is 13.2 Å². The minimum absolute atomic E-state index is 0.209. The molecule has 1 aliphatic heterocycles. The predicted octanol–water partition coefficient (Wildman–Crippen LogP) is 6.84. The average molecular weight is 506 g/mol. The van der Waals surface area contributed by atoms with Crippen molar-refractivity contribution in [1.29, 1.82) is 0 Å². The van der Waals surface area contributed by atoms with Crippen molar-refractivity contribution in [3.8, 4) is 17.2 Å². The average Bonchev–Trinajstić information content (AvgIpc) is 3.25. The summed E-state index contributed by atoms with van der Waals surface area (Å²) in [4.78, 5) is 16.9. The monoisotopic (exact) mass is 505 g/mol. The van der Waals surface area contributed by atoms with Gasteiger partial charge in [-0.15, -0.1) is 0 Å². The minimum Gasteiger partial charge on any atom is -0.494 e. The van der Waals surface area contributed by atoms with Gasteiger partial charge in [0.25, 0.3) is 0 Å². The van der Waals surface area contributed by atoms with E-state index in [1.54, 1.807) is 12.1 Å². The van der Waals surface area contributed by atoms with E-state index in [4.69, 9.17) is 30.5 Å². The molecular formula is C29H28ClNO5. The lowest BCUT2D eigenvalue weighted by molar-refractivity contribution is -0.129. The van der Waals surface area contributed by atoms with Crippen LogP contribution in [0.4, 0.5) is 0 Å². The molecule has 3 aromatic carbocycles. The highest BCUT2D eigenvalue weighted by molar-refractivity contribution is 6.31. The van der Waals surface area contributed by atoms with Gasteiger partial charge in [-0.1, -0.05) is 49.2 Å². The van der Waals surface area contributed by atoms with E-state index in [2.05, 4.69) is 11.9 Å². The number of hydrogen-bond acceptors (Lipinski definition) is 6. The molecule has 0 bridgehead atoms. The van der Waals surface area contributed by atoms with Crippen molar-refractivity contribution in [3.05, 3.63) is 94.1 Å². The van der Waals surface area contributed by atoms with Gasteiger partial charge < -0.3 is 18.9 Å². The van der Waals surface area contributed by atoms with Crippen molar-refractivity contribution in [3.63, 3.8) is 0 Å². The van der Waals surface area contributed by atoms with Gasteiger partial charge in [0.1, 0.15) is 12.4 Å². The van der Waals surface area contributed by atoms with Crippen molar-refractivity contribution < 1.29 is 23.7 Å². The molecule has 6 nitrogen and oxygen atoms in total. The molecule has 0 saturated heterocycles. The number of carbonyl (C=O) groups excluding carboxylic acids is 1. The van der Waals surface area contributed by atoms with E-state index in [0.29, 0.717) is 41.9 Å². The van der Waals surface area contributed by atoms with Crippen molar-refractivity contribution in [2.24, 2.45) is 4.99 Å². The Balaban J connectivity index is 1.49. The quantitative estimate of drug-likeness (QED) is 0.162. The van der Waals surface area contributed by atoms with Crippen LogP contribution in [0.15, 0.2) is 77.4 Å². The van der Waals surface area contributed by atoms with Crippen LogP contribution in [0.5, 0.6) is 17.2 Å². The van der Waals surface area contributed by atoms with Crippen LogP contribution in [-0.2, 0) is 16.1 Å². The van der Waals surface area contributed by atoms with E-state index < -0.39 is 5.97 Å². The molecule has 0 amide bonds. The third-order valence-electron chi connectivity index (χ3n) is 5.40. The Hall–Kier alpha value is -3.77. The molecule has 7 heteroatoms. The Morgan fingerprint density at radius 1 is 0.944 bits per heavy atom. The number of nitrogens with zero attached hydrogens (tertiary/aromatic N) is 1. The van der Waals surface area contributed by atoms with E-state index >= 15 is 0 Å². The van der Waals surface area contributed by atoms with Gasteiger partial charge in [0.15, 0.2) is 17.2 Å². The zero-order chi connectivity index (χ0) is 25.3. The number of hydrogen-bond donors (Lipinski definition) is 0. The number of cyclic esters (lactones) is 1. The van der Waals surface area contributed by atoms with Crippen molar-refractivity contribution >= 4 is 29.5 Å². The minimum atomic E-state index is -0.509. The van der Waals surface area contributed by atoms with Crippen LogP contribution in [0.25, 0.3) is 6.08 Å². The molecule has 0 spiro atoms. The molecule has 0 unspecified atom stereocenters. The summed E-state index contributed by atoms with van der Waals surface area (Å²) in [7, 11) is 0. The summed E-state index contributed by atoms with van der Waals surface area (Å²) >= 11 is 6.23. The van der Waals surface area contributed by atoms with Crippen LogP contribution in [0.1, 0.15) is 43.4 Å². The summed E-state index contributed by atoms with van der Waals surface area (Å²) in [6.45, 7) is 5.46. The lowest BCUT2D eigenvalue weighted by Crippen LogP contribution is -2.05. The van der Waals surface area contributed by atoms with E-state index in [9.17, 15) is 4.79 Å². The Labute approximate surface area is 216 Å². The first-order chi connectivity index (χ1) is 17.6. The van der Waals surface area contributed by atoms with Crippen LogP contribution < -0.4 is 14.2 Å². The molecular weight excluding hydrogens is 478 g/mol. The molecule has 0 fully saturated rings. The molecule has 0 aromatic heterocycles. The van der Waals surface area contributed by atoms with Crippen molar-refractivity contribution in [2.75, 3.05) is 13.2 Å². The summed E-state index contributed by atoms with van der Waals surface area (Å²) in [6, 6.07) is 20.3. The molecule has 0 radical (unpaired) electrons. The maximum absolute atomic E-state index is 12.5. The number of aliphatic imine (C=N–C) groups is 1. The molecule has 0 N–H and O–H groups in total. The van der Waals surface area contributed by atoms with Gasteiger partial charge in [0, 0.05) is 16.1 Å². The van der Waals surface area contributed by atoms with Crippen LogP contribution in [-0.4, -0.2) is 25.1 Å². The van der Waals surface area contributed by atoms with Gasteiger partial charge >= 0.3 is 5.97 Å². The first-order valence-corrected chi connectivity index (χ1v) is 12.3. The largest absolute Gasteiger partial charge is 0.494 e. The number of benzene rings is 3. The number of ether oxygens (including phenoxy) is 4. The van der Waals surface area contributed by atoms with Crippen LogP contribution >= 0.6 is 11.6 Å². The lowest BCUT2D eigenvalue weighted by Gasteiger charge is -2.13. The smallest absolute Gasteiger partial charge is 0.363 e. The van der Waals surface area contributed by atoms with E-state index in [0.717, 1.165) is 29.7 Å². The Morgan fingerprint density at radius 3 is 2.50 bits per heavy atom. The number of carbonyl (C=O) groups is 1.